The summed E-state index contributed by atoms with van der Waals surface area (Å²) >= 11 is 0. The fourth-order valence-corrected chi connectivity index (χ4v) is 3.56. The monoisotopic (exact) mass is 353 g/mol. The number of aryl methyl sites for hydroxylation is 2. The Morgan fingerprint density at radius 1 is 1.27 bits per heavy atom. The van der Waals surface area contributed by atoms with Crippen LogP contribution in [0.4, 0.5) is 10.5 Å². The number of imide groups is 1. The van der Waals surface area contributed by atoms with Crippen LogP contribution in [0.25, 0.3) is 0 Å². The average Bonchev–Trinajstić information content (AvgIpc) is 3.32. The number of benzene rings is 1. The Balaban J connectivity index is 1.46. The SMILES string of the molecule is C[C@@]1(c2ccco2)NC(=O)N(CC(=O)Nc2ccc3c(c2)CCC3)C1=O. The Morgan fingerprint density at radius 3 is 2.85 bits per heavy atom. The Bertz CT molecular complexity index is 890. The van der Waals surface area contributed by atoms with Crippen molar-refractivity contribution in [3.63, 3.8) is 0 Å². The molecule has 0 spiro atoms. The van der Waals surface area contributed by atoms with Gasteiger partial charge in [0.05, 0.1) is 6.26 Å². The smallest absolute Gasteiger partial charge is 0.325 e. The quantitative estimate of drug-likeness (QED) is 0.824. The summed E-state index contributed by atoms with van der Waals surface area (Å²) in [6, 6.07) is 8.47. The normalized spacial score (nSPS) is 21.7. The van der Waals surface area contributed by atoms with Crippen molar-refractivity contribution in [3.8, 4) is 0 Å². The summed E-state index contributed by atoms with van der Waals surface area (Å²) in [5.74, 6) is -0.603. The van der Waals surface area contributed by atoms with Gasteiger partial charge in [-0.15, -0.1) is 0 Å². The standard InChI is InChI=1S/C19H19N3O4/c1-19(15-6-3-9-26-15)17(24)22(18(25)21-19)11-16(23)20-14-8-7-12-4-2-5-13(12)10-14/h3,6-10H,2,4-5,11H2,1H3,(H,20,23)(H,21,25)/t19-/m0/s1. The Morgan fingerprint density at radius 2 is 2.08 bits per heavy atom. The van der Waals surface area contributed by atoms with E-state index in [0.29, 0.717) is 11.4 Å². The summed E-state index contributed by atoms with van der Waals surface area (Å²) in [6.07, 6.45) is 4.63. The molecule has 134 valence electrons. The van der Waals surface area contributed by atoms with E-state index in [9.17, 15) is 14.4 Å². The molecule has 0 bridgehead atoms. The number of amides is 4. The van der Waals surface area contributed by atoms with Crippen LogP contribution in [-0.2, 0) is 28.0 Å². The molecular weight excluding hydrogens is 334 g/mol. The predicted molar refractivity (Wildman–Crippen MR) is 93.4 cm³/mol. The molecule has 26 heavy (non-hydrogen) atoms. The van der Waals surface area contributed by atoms with Gasteiger partial charge in [0.25, 0.3) is 5.91 Å². The molecule has 7 nitrogen and oxygen atoms in total. The van der Waals surface area contributed by atoms with Gasteiger partial charge in [-0.2, -0.15) is 0 Å². The van der Waals surface area contributed by atoms with Crippen molar-refractivity contribution in [2.75, 3.05) is 11.9 Å². The van der Waals surface area contributed by atoms with E-state index in [1.165, 1.54) is 17.4 Å². The number of fused-ring (bicyclic) bond motifs is 1. The molecule has 1 fully saturated rings. The lowest BCUT2D eigenvalue weighted by Gasteiger charge is -2.18. The molecule has 1 aliphatic carbocycles. The van der Waals surface area contributed by atoms with E-state index in [4.69, 9.17) is 4.42 Å². The minimum atomic E-state index is -1.30. The third-order valence-electron chi connectivity index (χ3n) is 4.97. The maximum Gasteiger partial charge on any atom is 0.325 e. The molecule has 2 aromatic rings. The van der Waals surface area contributed by atoms with Crippen LogP contribution in [0.5, 0.6) is 0 Å². The van der Waals surface area contributed by atoms with Crippen LogP contribution in [0.15, 0.2) is 41.0 Å². The predicted octanol–water partition coefficient (Wildman–Crippen LogP) is 2.17. The summed E-state index contributed by atoms with van der Waals surface area (Å²) in [7, 11) is 0. The molecule has 4 amide bonds. The largest absolute Gasteiger partial charge is 0.466 e. The molecule has 7 heteroatoms. The van der Waals surface area contributed by atoms with E-state index >= 15 is 0 Å². The minimum Gasteiger partial charge on any atom is -0.466 e. The number of urea groups is 1. The number of carbonyl (C=O) groups excluding carboxylic acids is 3. The van der Waals surface area contributed by atoms with Gasteiger partial charge in [-0.3, -0.25) is 14.5 Å². The van der Waals surface area contributed by atoms with Crippen LogP contribution >= 0.6 is 0 Å². The number of hydrogen-bond acceptors (Lipinski definition) is 4. The van der Waals surface area contributed by atoms with E-state index in [1.807, 2.05) is 18.2 Å². The van der Waals surface area contributed by atoms with Crippen LogP contribution in [0.3, 0.4) is 0 Å². The molecule has 0 unspecified atom stereocenters. The number of furan rings is 1. The second-order valence-electron chi connectivity index (χ2n) is 6.81. The molecule has 1 atom stereocenters. The highest BCUT2D eigenvalue weighted by atomic mass is 16.3. The van der Waals surface area contributed by atoms with Gasteiger partial charge in [-0.1, -0.05) is 6.07 Å². The molecule has 0 radical (unpaired) electrons. The number of nitrogens with one attached hydrogen (secondary N) is 2. The van der Waals surface area contributed by atoms with Gasteiger partial charge in [-0.05, 0) is 61.6 Å². The zero-order chi connectivity index (χ0) is 18.3. The van der Waals surface area contributed by atoms with Gasteiger partial charge >= 0.3 is 6.03 Å². The number of nitrogens with zero attached hydrogens (tertiary/aromatic N) is 1. The van der Waals surface area contributed by atoms with Gasteiger partial charge in [0.2, 0.25) is 5.91 Å². The number of hydrogen-bond donors (Lipinski definition) is 2. The second-order valence-corrected chi connectivity index (χ2v) is 6.81. The Hall–Kier alpha value is -3.09. The molecular formula is C19H19N3O4. The molecule has 2 N–H and O–H groups in total. The lowest BCUT2D eigenvalue weighted by molar-refractivity contribution is -0.134. The van der Waals surface area contributed by atoms with Crippen molar-refractivity contribution >= 4 is 23.5 Å². The van der Waals surface area contributed by atoms with Crippen LogP contribution in [0.2, 0.25) is 0 Å². The molecule has 1 saturated heterocycles. The van der Waals surface area contributed by atoms with Gasteiger partial charge < -0.3 is 15.1 Å². The van der Waals surface area contributed by atoms with E-state index < -0.39 is 23.4 Å². The first kappa shape index (κ1) is 16.4. The third-order valence-corrected chi connectivity index (χ3v) is 4.97. The highest BCUT2D eigenvalue weighted by Crippen LogP contribution is 2.29. The fourth-order valence-electron chi connectivity index (χ4n) is 3.56. The van der Waals surface area contributed by atoms with E-state index in [-0.39, 0.29) is 6.54 Å². The summed E-state index contributed by atoms with van der Waals surface area (Å²) in [5.41, 5.74) is 1.93. The number of rotatable bonds is 4. The maximum absolute atomic E-state index is 12.7. The van der Waals surface area contributed by atoms with Crippen LogP contribution in [0, 0.1) is 0 Å². The van der Waals surface area contributed by atoms with Gasteiger partial charge in [0, 0.05) is 5.69 Å². The molecule has 1 aliphatic heterocycles. The summed E-state index contributed by atoms with van der Waals surface area (Å²) in [6.45, 7) is 1.21. The van der Waals surface area contributed by atoms with Crippen molar-refractivity contribution in [2.45, 2.75) is 31.7 Å². The highest BCUT2D eigenvalue weighted by molar-refractivity contribution is 6.10. The molecule has 0 saturated carbocycles. The number of carbonyl (C=O) groups is 3. The number of anilines is 1. The van der Waals surface area contributed by atoms with Gasteiger partial charge in [-0.25, -0.2) is 4.79 Å². The first-order valence-corrected chi connectivity index (χ1v) is 8.57. The lowest BCUT2D eigenvalue weighted by atomic mass is 9.99. The van der Waals surface area contributed by atoms with Crippen molar-refractivity contribution < 1.29 is 18.8 Å². The fraction of sp³-hybridized carbons (Fsp3) is 0.316. The van der Waals surface area contributed by atoms with Gasteiger partial charge in [0.1, 0.15) is 12.3 Å². The Labute approximate surface area is 150 Å². The highest BCUT2D eigenvalue weighted by Gasteiger charge is 2.51. The molecule has 1 aromatic carbocycles. The van der Waals surface area contributed by atoms with E-state index in [0.717, 1.165) is 24.2 Å². The molecule has 1 aromatic heterocycles. The van der Waals surface area contributed by atoms with Gasteiger partial charge in [0.15, 0.2) is 5.54 Å². The summed E-state index contributed by atoms with van der Waals surface area (Å²) < 4.78 is 5.27. The minimum absolute atomic E-state index is 0.331. The molecule has 4 rings (SSSR count). The first-order valence-electron chi connectivity index (χ1n) is 8.57. The molecule has 2 aliphatic rings. The van der Waals surface area contributed by atoms with E-state index in [1.54, 1.807) is 19.1 Å². The average molecular weight is 353 g/mol. The van der Waals surface area contributed by atoms with Crippen LogP contribution in [0.1, 0.15) is 30.2 Å². The maximum atomic E-state index is 12.7. The summed E-state index contributed by atoms with van der Waals surface area (Å²) in [4.78, 5) is 38.1. The van der Waals surface area contributed by atoms with Crippen molar-refractivity contribution in [1.29, 1.82) is 0 Å². The Kier molecular flexibility index (Phi) is 3.79. The first-order chi connectivity index (χ1) is 12.5. The van der Waals surface area contributed by atoms with E-state index in [2.05, 4.69) is 10.6 Å². The summed E-state index contributed by atoms with van der Waals surface area (Å²) in [5, 5.41) is 5.36. The zero-order valence-electron chi connectivity index (χ0n) is 14.4. The molecule has 2 heterocycles. The third kappa shape index (κ3) is 2.65. The second kappa shape index (κ2) is 6.01. The lowest BCUT2D eigenvalue weighted by Crippen LogP contribution is -2.41. The van der Waals surface area contributed by atoms with Crippen LogP contribution < -0.4 is 10.6 Å². The van der Waals surface area contributed by atoms with Crippen molar-refractivity contribution in [3.05, 3.63) is 53.5 Å². The van der Waals surface area contributed by atoms with Crippen molar-refractivity contribution in [2.24, 2.45) is 0 Å². The van der Waals surface area contributed by atoms with Crippen molar-refractivity contribution in [1.82, 2.24) is 10.2 Å². The van der Waals surface area contributed by atoms with Crippen LogP contribution in [-0.4, -0.2) is 29.3 Å². The zero-order valence-corrected chi connectivity index (χ0v) is 14.4. The topological polar surface area (TPSA) is 91.7 Å².